The third-order valence-corrected chi connectivity index (χ3v) is 7.23. The number of alkyl halides is 1. The topological polar surface area (TPSA) is 12.5 Å². The molecule has 1 rings (SSSR count). The van der Waals surface area contributed by atoms with Crippen LogP contribution in [0.3, 0.4) is 0 Å². The molecule has 0 bridgehead atoms. The number of hydrogen-bond acceptors (Lipinski definition) is 2. The lowest BCUT2D eigenvalue weighted by Crippen LogP contribution is -2.39. The maximum atomic E-state index is 7.04. The Kier molecular flexibility index (Phi) is 18.0. The fourth-order valence-electron chi connectivity index (χ4n) is 4.86. The van der Waals surface area contributed by atoms with Crippen molar-refractivity contribution in [1.82, 2.24) is 0 Å². The van der Waals surface area contributed by atoms with Gasteiger partial charge in [0.25, 0.3) is 0 Å². The van der Waals surface area contributed by atoms with E-state index in [1.807, 2.05) is 0 Å². The molecule has 0 aliphatic carbocycles. The third-order valence-electron chi connectivity index (χ3n) is 6.78. The molecule has 0 amide bonds. The molecular weight excluding hydrogens is 426 g/mol. The Balaban J connectivity index is 2.37. The Morgan fingerprint density at radius 2 is 1.36 bits per heavy atom. The predicted molar refractivity (Wildman–Crippen MR) is 149 cm³/mol. The van der Waals surface area contributed by atoms with Gasteiger partial charge in [0.1, 0.15) is 5.50 Å². The molecule has 0 aliphatic heterocycles. The molecule has 192 valence electrons. The van der Waals surface area contributed by atoms with Gasteiger partial charge in [0.2, 0.25) is 0 Å². The smallest absolute Gasteiger partial charge is 0.104 e. The zero-order chi connectivity index (χ0) is 24.3. The number of anilines is 1. The van der Waals surface area contributed by atoms with Crippen LogP contribution in [-0.2, 0) is 11.2 Å². The molecule has 3 heteroatoms. The minimum atomic E-state index is 0.0204. The maximum Gasteiger partial charge on any atom is 0.104 e. The molecule has 0 saturated heterocycles. The lowest BCUT2D eigenvalue weighted by Gasteiger charge is -2.35. The Morgan fingerprint density at radius 3 is 1.88 bits per heavy atom. The van der Waals surface area contributed by atoms with E-state index in [4.69, 9.17) is 16.3 Å². The summed E-state index contributed by atoms with van der Waals surface area (Å²) in [7, 11) is 0. The van der Waals surface area contributed by atoms with E-state index in [0.717, 1.165) is 26.0 Å². The average molecular weight is 480 g/mol. The molecule has 33 heavy (non-hydrogen) atoms. The number of para-hydroxylation sites is 1. The SMILES string of the molecule is CCCCCCCCCCCCCCCC(Cl)N(CC(C)OCC)c1c(C)cccc1CC. The highest BCUT2D eigenvalue weighted by Gasteiger charge is 2.22. The van der Waals surface area contributed by atoms with Crippen molar-refractivity contribution in [2.24, 2.45) is 0 Å². The van der Waals surface area contributed by atoms with Gasteiger partial charge in [-0.15, -0.1) is 0 Å². The summed E-state index contributed by atoms with van der Waals surface area (Å²) < 4.78 is 5.88. The van der Waals surface area contributed by atoms with Crippen molar-refractivity contribution in [2.45, 2.75) is 143 Å². The summed E-state index contributed by atoms with van der Waals surface area (Å²) in [5.41, 5.74) is 4.04. The first-order valence-corrected chi connectivity index (χ1v) is 14.6. The maximum absolute atomic E-state index is 7.04. The second-order valence-electron chi connectivity index (χ2n) is 9.82. The number of ether oxygens (including phenoxy) is 1. The highest BCUT2D eigenvalue weighted by Crippen LogP contribution is 2.31. The zero-order valence-electron chi connectivity index (χ0n) is 22.6. The van der Waals surface area contributed by atoms with Gasteiger partial charge in [-0.2, -0.15) is 0 Å². The zero-order valence-corrected chi connectivity index (χ0v) is 23.4. The van der Waals surface area contributed by atoms with E-state index in [1.165, 1.54) is 100 Å². The standard InChI is InChI=1S/C30H54ClNO/c1-6-9-10-11-12-13-14-15-16-17-18-19-20-24-29(31)32(25-27(5)33-8-3)30-26(4)22-21-23-28(30)7-2/h21-23,27,29H,6-20,24-25H2,1-5H3. The summed E-state index contributed by atoms with van der Waals surface area (Å²) in [5.74, 6) is 0. The van der Waals surface area contributed by atoms with Crippen molar-refractivity contribution in [3.05, 3.63) is 29.3 Å². The summed E-state index contributed by atoms with van der Waals surface area (Å²) in [6, 6.07) is 6.62. The number of benzene rings is 1. The van der Waals surface area contributed by atoms with Crippen molar-refractivity contribution >= 4 is 17.3 Å². The van der Waals surface area contributed by atoms with Crippen LogP contribution in [0.5, 0.6) is 0 Å². The molecule has 0 aromatic heterocycles. The summed E-state index contributed by atoms with van der Waals surface area (Å²) in [4.78, 5) is 2.41. The van der Waals surface area contributed by atoms with Gasteiger partial charge in [-0.3, -0.25) is 0 Å². The van der Waals surface area contributed by atoms with Gasteiger partial charge in [-0.25, -0.2) is 0 Å². The fraction of sp³-hybridized carbons (Fsp3) is 0.800. The van der Waals surface area contributed by atoms with Gasteiger partial charge in [0, 0.05) is 18.8 Å². The van der Waals surface area contributed by atoms with E-state index in [2.05, 4.69) is 57.7 Å². The summed E-state index contributed by atoms with van der Waals surface area (Å²) in [6.45, 7) is 12.6. The molecule has 0 radical (unpaired) electrons. The molecule has 0 fully saturated rings. The molecule has 1 aromatic rings. The van der Waals surface area contributed by atoms with E-state index in [-0.39, 0.29) is 11.6 Å². The number of hydrogen-bond donors (Lipinski definition) is 0. The van der Waals surface area contributed by atoms with Crippen LogP contribution in [0.15, 0.2) is 18.2 Å². The van der Waals surface area contributed by atoms with Crippen LogP contribution in [0.25, 0.3) is 0 Å². The number of aryl methyl sites for hydroxylation is 2. The van der Waals surface area contributed by atoms with Crippen molar-refractivity contribution in [3.63, 3.8) is 0 Å². The summed E-state index contributed by atoms with van der Waals surface area (Å²) in [6.07, 6.45) is 20.2. The molecule has 0 aliphatic rings. The summed E-state index contributed by atoms with van der Waals surface area (Å²) in [5, 5.41) is 0. The van der Waals surface area contributed by atoms with E-state index in [1.54, 1.807) is 0 Å². The second kappa shape index (κ2) is 19.6. The van der Waals surface area contributed by atoms with E-state index in [9.17, 15) is 0 Å². The molecule has 2 nitrogen and oxygen atoms in total. The highest BCUT2D eigenvalue weighted by atomic mass is 35.5. The number of rotatable bonds is 21. The van der Waals surface area contributed by atoms with Crippen LogP contribution in [-0.4, -0.2) is 24.8 Å². The minimum absolute atomic E-state index is 0.0204. The highest BCUT2D eigenvalue weighted by molar-refractivity contribution is 6.21. The van der Waals surface area contributed by atoms with Crippen LogP contribution >= 0.6 is 11.6 Å². The first-order valence-electron chi connectivity index (χ1n) is 14.2. The Labute approximate surface area is 211 Å². The lowest BCUT2D eigenvalue weighted by molar-refractivity contribution is 0.0804. The number of unbranched alkanes of at least 4 members (excludes halogenated alkanes) is 12. The second-order valence-corrected chi connectivity index (χ2v) is 10.3. The van der Waals surface area contributed by atoms with Crippen molar-refractivity contribution in [3.8, 4) is 0 Å². The van der Waals surface area contributed by atoms with Crippen LogP contribution in [0.2, 0.25) is 0 Å². The van der Waals surface area contributed by atoms with E-state index >= 15 is 0 Å². The fourth-order valence-corrected chi connectivity index (χ4v) is 5.19. The first kappa shape index (κ1) is 30.3. The third kappa shape index (κ3) is 13.1. The van der Waals surface area contributed by atoms with Gasteiger partial charge >= 0.3 is 0 Å². The number of nitrogens with zero attached hydrogens (tertiary/aromatic N) is 1. The Hall–Kier alpha value is -0.730. The van der Waals surface area contributed by atoms with Gasteiger partial charge in [0.05, 0.1) is 6.10 Å². The quantitative estimate of drug-likeness (QED) is 0.0987. The van der Waals surface area contributed by atoms with Gasteiger partial charge < -0.3 is 9.64 Å². The lowest BCUT2D eigenvalue weighted by atomic mass is 10.0. The molecule has 1 aromatic carbocycles. The van der Waals surface area contributed by atoms with Crippen molar-refractivity contribution in [2.75, 3.05) is 18.1 Å². The molecule has 0 N–H and O–H groups in total. The monoisotopic (exact) mass is 479 g/mol. The normalized spacial score (nSPS) is 13.3. The minimum Gasteiger partial charge on any atom is -0.377 e. The average Bonchev–Trinajstić information content (AvgIpc) is 2.80. The summed E-state index contributed by atoms with van der Waals surface area (Å²) >= 11 is 7.04. The Bertz CT molecular complexity index is 591. The van der Waals surface area contributed by atoms with Crippen molar-refractivity contribution < 1.29 is 4.74 Å². The van der Waals surface area contributed by atoms with Crippen LogP contribution in [0.4, 0.5) is 5.69 Å². The predicted octanol–water partition coefficient (Wildman–Crippen LogP) is 9.84. The van der Waals surface area contributed by atoms with Crippen LogP contribution in [0, 0.1) is 6.92 Å². The number of halogens is 1. The van der Waals surface area contributed by atoms with E-state index < -0.39 is 0 Å². The molecular formula is C30H54ClNO. The Morgan fingerprint density at radius 1 is 0.818 bits per heavy atom. The largest absolute Gasteiger partial charge is 0.377 e. The molecule has 0 saturated carbocycles. The molecule has 0 heterocycles. The van der Waals surface area contributed by atoms with Crippen LogP contribution < -0.4 is 4.90 Å². The molecule has 0 spiro atoms. The molecule has 2 unspecified atom stereocenters. The van der Waals surface area contributed by atoms with Crippen LogP contribution in [0.1, 0.15) is 129 Å². The van der Waals surface area contributed by atoms with Crippen molar-refractivity contribution in [1.29, 1.82) is 0 Å². The van der Waals surface area contributed by atoms with Gasteiger partial charge in [-0.05, 0) is 44.7 Å². The van der Waals surface area contributed by atoms with Gasteiger partial charge in [0.15, 0.2) is 0 Å². The van der Waals surface area contributed by atoms with Gasteiger partial charge in [-0.1, -0.05) is 127 Å². The molecule has 2 atom stereocenters. The van der Waals surface area contributed by atoms with E-state index in [0.29, 0.717) is 0 Å². The first-order chi connectivity index (χ1) is 16.0.